The molecule has 3 aromatic heterocycles. The molecule has 0 spiro atoms. The number of pyridine rings is 2. The molecule has 3 aromatic rings. The third-order valence-electron chi connectivity index (χ3n) is 7.36. The minimum absolute atomic E-state index is 0.0883. The third-order valence-corrected chi connectivity index (χ3v) is 7.36. The Kier molecular flexibility index (Phi) is 7.43. The number of hydrogen-bond donors (Lipinski definition) is 2. The monoisotopic (exact) mass is 578 g/mol. The zero-order valence-electron chi connectivity index (χ0n) is 22.1. The minimum atomic E-state index is -5.22. The van der Waals surface area contributed by atoms with E-state index in [0.29, 0.717) is 6.20 Å². The molecule has 2 saturated carbocycles. The lowest BCUT2D eigenvalue weighted by molar-refractivity contribution is -0.606. The number of carbonyl (C=O) groups is 2. The van der Waals surface area contributed by atoms with Crippen molar-refractivity contribution in [3.05, 3.63) is 65.0 Å². The van der Waals surface area contributed by atoms with Gasteiger partial charge >= 0.3 is 6.18 Å². The van der Waals surface area contributed by atoms with Crippen molar-refractivity contribution >= 4 is 17.6 Å². The highest BCUT2D eigenvalue weighted by atomic mass is 19.4. The van der Waals surface area contributed by atoms with Crippen LogP contribution in [0.3, 0.4) is 0 Å². The number of amides is 2. The van der Waals surface area contributed by atoms with Crippen LogP contribution in [0.5, 0.6) is 0 Å². The number of nitrogens with one attached hydrogen (secondary N) is 2. The van der Waals surface area contributed by atoms with Gasteiger partial charge in [-0.3, -0.25) is 14.3 Å². The van der Waals surface area contributed by atoms with Crippen LogP contribution < -0.4 is 15.4 Å². The van der Waals surface area contributed by atoms with Gasteiger partial charge in [-0.05, 0) is 75.5 Å². The first-order valence-corrected chi connectivity index (χ1v) is 13.2. The molecule has 0 unspecified atom stereocenters. The van der Waals surface area contributed by atoms with Gasteiger partial charge < -0.3 is 15.8 Å². The SMILES string of the molecule is CC(C)n1nccc1C(=O)N[C@H](C(=O)Nc1ccc(-c2c[n+]([O-])cc(F)c2C(F)(F)F)c(F)n1)C(C1CC1)C1CC1. The molecule has 218 valence electrons. The van der Waals surface area contributed by atoms with Gasteiger partial charge in [0.15, 0.2) is 6.20 Å². The Morgan fingerprint density at radius 1 is 1.05 bits per heavy atom. The van der Waals surface area contributed by atoms with Gasteiger partial charge in [-0.15, -0.1) is 0 Å². The molecule has 0 aliphatic heterocycles. The Morgan fingerprint density at radius 2 is 1.71 bits per heavy atom. The normalized spacial score (nSPS) is 16.2. The Labute approximate surface area is 231 Å². The fourth-order valence-electron chi connectivity index (χ4n) is 5.28. The first-order valence-electron chi connectivity index (χ1n) is 13.2. The summed E-state index contributed by atoms with van der Waals surface area (Å²) in [6, 6.07) is 2.36. The van der Waals surface area contributed by atoms with Crippen LogP contribution in [0, 0.1) is 34.7 Å². The highest BCUT2D eigenvalue weighted by Crippen LogP contribution is 2.51. The van der Waals surface area contributed by atoms with Gasteiger partial charge in [0.25, 0.3) is 5.91 Å². The second kappa shape index (κ2) is 10.7. The van der Waals surface area contributed by atoms with E-state index in [4.69, 9.17) is 0 Å². The van der Waals surface area contributed by atoms with E-state index >= 15 is 4.39 Å². The summed E-state index contributed by atoms with van der Waals surface area (Å²) in [5.74, 6) is -4.51. The summed E-state index contributed by atoms with van der Waals surface area (Å²) in [6.07, 6.45) is 0.363. The lowest BCUT2D eigenvalue weighted by Crippen LogP contribution is -2.50. The number of carbonyl (C=O) groups excluding carboxylic acids is 2. The molecule has 0 radical (unpaired) electrons. The summed E-state index contributed by atoms with van der Waals surface area (Å²) >= 11 is 0. The fourth-order valence-corrected chi connectivity index (χ4v) is 5.28. The molecule has 0 saturated heterocycles. The van der Waals surface area contributed by atoms with Crippen molar-refractivity contribution < 1.29 is 36.3 Å². The highest BCUT2D eigenvalue weighted by molar-refractivity contribution is 6.00. The van der Waals surface area contributed by atoms with E-state index in [1.54, 1.807) is 0 Å². The molecule has 2 amide bonds. The van der Waals surface area contributed by atoms with Crippen LogP contribution in [0.4, 0.5) is 27.8 Å². The van der Waals surface area contributed by atoms with Gasteiger partial charge in [0.05, 0.1) is 5.56 Å². The average Bonchev–Trinajstić information content (AvgIpc) is 3.81. The summed E-state index contributed by atoms with van der Waals surface area (Å²) < 4.78 is 70.9. The van der Waals surface area contributed by atoms with Gasteiger partial charge in [-0.2, -0.15) is 31.8 Å². The second-order valence-electron chi connectivity index (χ2n) is 10.7. The van der Waals surface area contributed by atoms with Crippen molar-refractivity contribution in [1.82, 2.24) is 20.1 Å². The topological polar surface area (TPSA) is 116 Å². The molecular formula is C27H27F5N6O3. The number of hydrogen-bond acceptors (Lipinski definition) is 5. The average molecular weight is 579 g/mol. The lowest BCUT2D eigenvalue weighted by Gasteiger charge is -2.27. The Hall–Kier alpha value is -4.10. The van der Waals surface area contributed by atoms with E-state index < -0.39 is 52.5 Å². The van der Waals surface area contributed by atoms with Crippen LogP contribution in [0.2, 0.25) is 0 Å². The maximum Gasteiger partial charge on any atom is 0.420 e. The molecule has 41 heavy (non-hydrogen) atoms. The van der Waals surface area contributed by atoms with Crippen LogP contribution in [0.25, 0.3) is 11.1 Å². The zero-order chi connectivity index (χ0) is 29.6. The van der Waals surface area contributed by atoms with Crippen molar-refractivity contribution in [2.24, 2.45) is 17.8 Å². The maximum absolute atomic E-state index is 15.0. The zero-order valence-corrected chi connectivity index (χ0v) is 22.1. The van der Waals surface area contributed by atoms with E-state index in [1.807, 2.05) is 13.8 Å². The number of anilines is 1. The number of rotatable bonds is 9. The summed E-state index contributed by atoms with van der Waals surface area (Å²) in [5.41, 5.74) is -3.37. The molecule has 14 heteroatoms. The summed E-state index contributed by atoms with van der Waals surface area (Å²) in [6.45, 7) is 3.71. The first-order chi connectivity index (χ1) is 19.3. The quantitative estimate of drug-likeness (QED) is 0.166. The maximum atomic E-state index is 15.0. The molecule has 2 N–H and O–H groups in total. The third kappa shape index (κ3) is 6.00. The van der Waals surface area contributed by atoms with Gasteiger partial charge in [-0.1, -0.05) is 0 Å². The number of alkyl halides is 3. The molecular weight excluding hydrogens is 551 g/mol. The minimum Gasteiger partial charge on any atom is -0.619 e. The van der Waals surface area contributed by atoms with Crippen molar-refractivity contribution in [2.75, 3.05) is 5.32 Å². The second-order valence-corrected chi connectivity index (χ2v) is 10.7. The molecule has 2 aliphatic rings. The predicted molar refractivity (Wildman–Crippen MR) is 135 cm³/mol. The summed E-state index contributed by atoms with van der Waals surface area (Å²) in [7, 11) is 0. The van der Waals surface area contributed by atoms with Crippen molar-refractivity contribution in [2.45, 2.75) is 57.8 Å². The largest absolute Gasteiger partial charge is 0.619 e. The van der Waals surface area contributed by atoms with E-state index in [9.17, 15) is 32.4 Å². The Morgan fingerprint density at radius 3 is 2.27 bits per heavy atom. The van der Waals surface area contributed by atoms with Crippen LogP contribution in [0.1, 0.15) is 61.6 Å². The first kappa shape index (κ1) is 28.4. The van der Waals surface area contributed by atoms with E-state index in [0.717, 1.165) is 37.8 Å². The van der Waals surface area contributed by atoms with Crippen molar-refractivity contribution in [3.8, 4) is 11.1 Å². The molecule has 3 heterocycles. The van der Waals surface area contributed by atoms with E-state index in [2.05, 4.69) is 20.7 Å². The van der Waals surface area contributed by atoms with Crippen LogP contribution in [-0.2, 0) is 11.0 Å². The predicted octanol–water partition coefficient (Wildman–Crippen LogP) is 4.63. The number of aromatic nitrogens is 4. The molecule has 0 aromatic carbocycles. The molecule has 5 rings (SSSR count). The van der Waals surface area contributed by atoms with Crippen LogP contribution in [-0.4, -0.2) is 32.6 Å². The van der Waals surface area contributed by atoms with Gasteiger partial charge in [0.1, 0.15) is 23.1 Å². The van der Waals surface area contributed by atoms with Crippen molar-refractivity contribution in [3.63, 3.8) is 0 Å². The van der Waals surface area contributed by atoms with Gasteiger partial charge in [-0.25, -0.2) is 4.98 Å². The Bertz CT molecular complexity index is 1470. The molecule has 9 nitrogen and oxygen atoms in total. The fraction of sp³-hybridized carbons (Fsp3) is 0.444. The smallest absolute Gasteiger partial charge is 0.420 e. The van der Waals surface area contributed by atoms with Gasteiger partial charge in [0, 0.05) is 17.8 Å². The Balaban J connectivity index is 1.42. The number of halogens is 5. The molecule has 2 fully saturated rings. The summed E-state index contributed by atoms with van der Waals surface area (Å²) in [5, 5.41) is 21.1. The standard InChI is InChI=1S/C27H27F5N6O3/c1-13(2)38-19(9-10-33-38)25(39)36-23(21(14-3-4-14)15-5-6-15)26(40)35-20-8-7-16(24(29)34-20)17-11-37(41)12-18(28)22(17)27(30,31)32/h7-15,21,23H,3-6H2,1-2H3,(H,36,39)(H,34,35,40)/t23-/m0/s1. The van der Waals surface area contributed by atoms with Crippen LogP contribution in [0.15, 0.2) is 36.8 Å². The van der Waals surface area contributed by atoms with Crippen molar-refractivity contribution in [1.29, 1.82) is 0 Å². The molecule has 0 bridgehead atoms. The molecule has 2 aliphatic carbocycles. The molecule has 1 atom stereocenters. The van der Waals surface area contributed by atoms with E-state index in [-0.39, 0.29) is 46.2 Å². The number of nitrogens with zero attached hydrogens (tertiary/aromatic N) is 4. The lowest BCUT2D eigenvalue weighted by atomic mass is 9.88. The summed E-state index contributed by atoms with van der Waals surface area (Å²) in [4.78, 5) is 30.3. The highest BCUT2D eigenvalue weighted by Gasteiger charge is 2.48. The van der Waals surface area contributed by atoms with Crippen LogP contribution >= 0.6 is 0 Å². The van der Waals surface area contributed by atoms with E-state index in [1.165, 1.54) is 16.9 Å². The van der Waals surface area contributed by atoms with Gasteiger partial charge in [0.2, 0.25) is 23.9 Å².